The van der Waals surface area contributed by atoms with Crippen LogP contribution in [0.3, 0.4) is 0 Å². The molecule has 0 amide bonds. The van der Waals surface area contributed by atoms with Crippen molar-refractivity contribution in [2.45, 2.75) is 50.9 Å². The Bertz CT molecular complexity index is 1730. The molecule has 0 spiro atoms. The Balaban J connectivity index is 1.37. The van der Waals surface area contributed by atoms with Gasteiger partial charge < -0.3 is 14.4 Å². The van der Waals surface area contributed by atoms with Gasteiger partial charge in [-0.15, -0.1) is 0 Å². The number of rotatable bonds is 7. The zero-order valence-electron chi connectivity index (χ0n) is 22.1. The Labute approximate surface area is 234 Å². The SMILES string of the molecule is O=C(O)[C@@H]1CCCC[C@@H]1c1nc2cc(OCc3ccc4ccccc4n3)ccc2n1Cc1ccccc1C(F)(F)F. The fourth-order valence-electron chi connectivity index (χ4n) is 5.85. The molecule has 3 aromatic carbocycles. The van der Waals surface area contributed by atoms with Gasteiger partial charge in [-0.1, -0.05) is 55.3 Å². The van der Waals surface area contributed by atoms with E-state index in [-0.39, 0.29) is 18.7 Å². The normalized spacial score (nSPS) is 17.6. The van der Waals surface area contributed by atoms with Crippen LogP contribution >= 0.6 is 0 Å². The molecule has 5 aromatic rings. The third-order valence-corrected chi connectivity index (χ3v) is 7.86. The lowest BCUT2D eigenvalue weighted by atomic mass is 9.78. The zero-order chi connectivity index (χ0) is 28.6. The molecule has 0 aliphatic heterocycles. The lowest BCUT2D eigenvalue weighted by molar-refractivity contribution is -0.143. The van der Waals surface area contributed by atoms with Crippen molar-refractivity contribution in [3.63, 3.8) is 0 Å². The number of fused-ring (bicyclic) bond motifs is 2. The van der Waals surface area contributed by atoms with E-state index in [0.29, 0.717) is 35.4 Å². The van der Waals surface area contributed by atoms with Crippen molar-refractivity contribution in [2.24, 2.45) is 5.92 Å². The highest BCUT2D eigenvalue weighted by molar-refractivity contribution is 5.79. The smallest absolute Gasteiger partial charge is 0.416 e. The maximum Gasteiger partial charge on any atom is 0.416 e. The van der Waals surface area contributed by atoms with Crippen molar-refractivity contribution in [3.8, 4) is 5.75 Å². The average Bonchev–Trinajstić information content (AvgIpc) is 3.33. The topological polar surface area (TPSA) is 77.2 Å². The van der Waals surface area contributed by atoms with Crippen LogP contribution in [0.5, 0.6) is 5.75 Å². The number of para-hydroxylation sites is 1. The molecule has 0 radical (unpaired) electrons. The van der Waals surface area contributed by atoms with Crippen LogP contribution in [0.4, 0.5) is 13.2 Å². The third kappa shape index (κ3) is 5.49. The molecule has 2 atom stereocenters. The van der Waals surface area contributed by atoms with Crippen LogP contribution in [-0.4, -0.2) is 25.6 Å². The first kappa shape index (κ1) is 26.8. The van der Waals surface area contributed by atoms with Gasteiger partial charge in [-0.25, -0.2) is 9.97 Å². The van der Waals surface area contributed by atoms with E-state index < -0.39 is 29.5 Å². The van der Waals surface area contributed by atoms with Gasteiger partial charge in [0, 0.05) is 23.9 Å². The number of carbonyl (C=O) groups is 1. The number of carboxylic acid groups (broad SMARTS) is 1. The van der Waals surface area contributed by atoms with Crippen LogP contribution in [-0.2, 0) is 24.1 Å². The first-order chi connectivity index (χ1) is 19.8. The van der Waals surface area contributed by atoms with Crippen LogP contribution in [0.2, 0.25) is 0 Å². The number of nitrogens with zero attached hydrogens (tertiary/aromatic N) is 3. The van der Waals surface area contributed by atoms with Gasteiger partial charge in [0.2, 0.25) is 0 Å². The molecular weight excluding hydrogens is 531 g/mol. The number of carboxylic acids is 1. The van der Waals surface area contributed by atoms with E-state index in [4.69, 9.17) is 9.72 Å². The van der Waals surface area contributed by atoms with E-state index in [0.717, 1.165) is 35.5 Å². The summed E-state index contributed by atoms with van der Waals surface area (Å²) in [7, 11) is 0. The molecule has 0 bridgehead atoms. The highest BCUT2D eigenvalue weighted by Crippen LogP contribution is 2.40. The molecule has 6 rings (SSSR count). The predicted octanol–water partition coefficient (Wildman–Crippen LogP) is 7.59. The predicted molar refractivity (Wildman–Crippen MR) is 149 cm³/mol. The van der Waals surface area contributed by atoms with Crippen molar-refractivity contribution in [3.05, 3.63) is 102 Å². The highest BCUT2D eigenvalue weighted by atomic mass is 19.4. The molecule has 1 aliphatic rings. The monoisotopic (exact) mass is 559 g/mol. The van der Waals surface area contributed by atoms with Crippen molar-refractivity contribution < 1.29 is 27.8 Å². The summed E-state index contributed by atoms with van der Waals surface area (Å²) in [5, 5.41) is 11.0. The van der Waals surface area contributed by atoms with Crippen LogP contribution in [0.1, 0.15) is 54.2 Å². The average molecular weight is 560 g/mol. The Morgan fingerprint density at radius 1 is 0.927 bits per heavy atom. The van der Waals surface area contributed by atoms with Crippen molar-refractivity contribution >= 4 is 27.9 Å². The van der Waals surface area contributed by atoms with Gasteiger partial charge >= 0.3 is 12.1 Å². The minimum Gasteiger partial charge on any atom is -0.487 e. The Kier molecular flexibility index (Phi) is 7.11. The summed E-state index contributed by atoms with van der Waals surface area (Å²) >= 11 is 0. The number of imidazole rings is 1. The van der Waals surface area contributed by atoms with Crippen LogP contribution in [0.25, 0.3) is 21.9 Å². The summed E-state index contributed by atoms with van der Waals surface area (Å²) in [6.45, 7) is 0.151. The Morgan fingerprint density at radius 3 is 2.54 bits per heavy atom. The second-order valence-electron chi connectivity index (χ2n) is 10.5. The number of ether oxygens (including phenoxy) is 1. The minimum atomic E-state index is -4.51. The van der Waals surface area contributed by atoms with Crippen LogP contribution < -0.4 is 4.74 Å². The highest BCUT2D eigenvalue weighted by Gasteiger charge is 2.37. The molecular formula is C32H28F3N3O3. The lowest BCUT2D eigenvalue weighted by Gasteiger charge is -2.29. The number of pyridine rings is 1. The first-order valence-corrected chi connectivity index (χ1v) is 13.6. The lowest BCUT2D eigenvalue weighted by Crippen LogP contribution is -2.28. The summed E-state index contributed by atoms with van der Waals surface area (Å²) in [6, 6.07) is 22.5. The van der Waals surface area contributed by atoms with E-state index in [1.807, 2.05) is 36.4 Å². The number of hydrogen-bond acceptors (Lipinski definition) is 4. The molecule has 2 heterocycles. The second-order valence-corrected chi connectivity index (χ2v) is 10.5. The Morgan fingerprint density at radius 2 is 1.71 bits per heavy atom. The molecule has 41 heavy (non-hydrogen) atoms. The summed E-state index contributed by atoms with van der Waals surface area (Å²) in [5.74, 6) is -0.921. The number of hydrogen-bond donors (Lipinski definition) is 1. The van der Waals surface area contributed by atoms with Gasteiger partial charge in [-0.05, 0) is 48.7 Å². The van der Waals surface area contributed by atoms with Crippen molar-refractivity contribution in [1.29, 1.82) is 0 Å². The number of aromatic nitrogens is 3. The fourth-order valence-corrected chi connectivity index (χ4v) is 5.85. The fraction of sp³-hybridized carbons (Fsp3) is 0.281. The zero-order valence-corrected chi connectivity index (χ0v) is 22.1. The van der Waals surface area contributed by atoms with E-state index >= 15 is 0 Å². The molecule has 2 aromatic heterocycles. The molecule has 9 heteroatoms. The van der Waals surface area contributed by atoms with Gasteiger partial charge in [0.1, 0.15) is 18.2 Å². The standard InChI is InChI=1S/C32H28F3N3O3/c33-32(34,35)26-11-5-1-8-21(26)18-38-29-16-15-23(41-19-22-14-13-20-7-2-6-12-27(20)36-22)17-28(29)37-30(38)24-9-3-4-10-25(24)31(39)40/h1-2,5-8,11-17,24-25H,3-4,9-10,18-19H2,(H,39,40)/t24-,25+/m0/s1. The van der Waals surface area contributed by atoms with Gasteiger partial charge in [0.25, 0.3) is 0 Å². The molecule has 1 N–H and O–H groups in total. The second kappa shape index (κ2) is 10.9. The van der Waals surface area contributed by atoms with Crippen LogP contribution in [0, 0.1) is 5.92 Å². The number of halogens is 3. The van der Waals surface area contributed by atoms with E-state index in [9.17, 15) is 23.1 Å². The van der Waals surface area contributed by atoms with E-state index in [2.05, 4.69) is 4.98 Å². The van der Waals surface area contributed by atoms with E-state index in [1.165, 1.54) is 12.1 Å². The van der Waals surface area contributed by atoms with Crippen molar-refractivity contribution in [2.75, 3.05) is 0 Å². The minimum absolute atomic E-state index is 0.0778. The first-order valence-electron chi connectivity index (χ1n) is 13.6. The third-order valence-electron chi connectivity index (χ3n) is 7.86. The van der Waals surface area contributed by atoms with Gasteiger partial charge in [0.15, 0.2) is 0 Å². The largest absolute Gasteiger partial charge is 0.487 e. The summed E-state index contributed by atoms with van der Waals surface area (Å²) < 4.78 is 49.3. The van der Waals surface area contributed by atoms with E-state index in [1.54, 1.807) is 28.8 Å². The van der Waals surface area contributed by atoms with Crippen LogP contribution in [0.15, 0.2) is 78.9 Å². The molecule has 210 valence electrons. The maximum absolute atomic E-state index is 13.9. The maximum atomic E-state index is 13.9. The summed E-state index contributed by atoms with van der Waals surface area (Å²) in [4.78, 5) is 21.6. The summed E-state index contributed by atoms with van der Waals surface area (Å²) in [6.07, 6.45) is -1.76. The molecule has 0 unspecified atom stereocenters. The van der Waals surface area contributed by atoms with Gasteiger partial charge in [-0.3, -0.25) is 4.79 Å². The number of aliphatic carboxylic acids is 1. The molecule has 6 nitrogen and oxygen atoms in total. The number of alkyl halides is 3. The number of benzene rings is 3. The Hall–Kier alpha value is -4.40. The molecule has 1 saturated carbocycles. The quantitative estimate of drug-likeness (QED) is 0.222. The molecule has 0 saturated heterocycles. The molecule has 1 fully saturated rings. The van der Waals surface area contributed by atoms with Gasteiger partial charge in [0.05, 0.1) is 33.7 Å². The van der Waals surface area contributed by atoms with Crippen molar-refractivity contribution in [1.82, 2.24) is 14.5 Å². The van der Waals surface area contributed by atoms with Gasteiger partial charge in [-0.2, -0.15) is 13.2 Å². The molecule has 1 aliphatic carbocycles. The summed E-state index contributed by atoms with van der Waals surface area (Å²) in [5.41, 5.74) is 2.18.